The molecular formula is C59H50N2O26S2. The van der Waals surface area contributed by atoms with E-state index in [9.17, 15) is 58.1 Å². The number of carbonyl (C=O) groups excluding carboxylic acids is 10. The number of nitro benzene ring substituents is 1. The van der Waals surface area contributed by atoms with Gasteiger partial charge in [-0.2, -0.15) is 0 Å². The number of nitro groups is 1. The predicted molar refractivity (Wildman–Crippen MR) is 311 cm³/mol. The quantitative estimate of drug-likeness (QED) is 0.0230. The summed E-state index contributed by atoms with van der Waals surface area (Å²) in [4.78, 5) is 131. The summed E-state index contributed by atoms with van der Waals surface area (Å²) >= 11 is 2.27. The first-order valence-corrected chi connectivity index (χ1v) is 27.3. The van der Waals surface area contributed by atoms with Crippen LogP contribution >= 0.6 is 22.7 Å². The number of carbonyl (C=O) groups is 10. The molecule has 1 fully saturated rings. The van der Waals surface area contributed by atoms with E-state index in [0.29, 0.717) is 92.8 Å². The summed E-state index contributed by atoms with van der Waals surface area (Å²) < 4.78 is 72.9. The Kier molecular flexibility index (Phi) is 19.4. The van der Waals surface area contributed by atoms with Crippen molar-refractivity contribution in [3.8, 4) is 34.5 Å². The van der Waals surface area contributed by atoms with Crippen molar-refractivity contribution in [2.45, 2.75) is 13.8 Å². The number of Topliss-reactive ketones (excluding diaryl/α,β-unsaturated/α-hetero) is 2. The van der Waals surface area contributed by atoms with Crippen LogP contribution in [-0.4, -0.2) is 160 Å². The van der Waals surface area contributed by atoms with E-state index >= 15 is 0 Å². The molecule has 3 aromatic carbocycles. The molecular weight excluding hydrogens is 1220 g/mol. The normalized spacial score (nSPS) is 12.2. The van der Waals surface area contributed by atoms with E-state index in [1.54, 1.807) is 31.3 Å². The molecule has 0 radical (unpaired) electrons. The second kappa shape index (κ2) is 26.9. The van der Waals surface area contributed by atoms with Crippen LogP contribution in [0, 0.1) is 10.1 Å². The number of methoxy groups -OCH3 is 9. The smallest absolute Gasteiger partial charge is 0.373 e. The van der Waals surface area contributed by atoms with Crippen LogP contribution in [0.15, 0.2) is 60.1 Å². The number of hydrogen-bond donors (Lipinski definition) is 0. The van der Waals surface area contributed by atoms with E-state index in [0.717, 1.165) is 28.5 Å². The van der Waals surface area contributed by atoms with E-state index in [-0.39, 0.29) is 96.6 Å². The van der Waals surface area contributed by atoms with Crippen LogP contribution in [0.3, 0.4) is 0 Å². The maximum absolute atomic E-state index is 12.8. The molecule has 464 valence electrons. The van der Waals surface area contributed by atoms with Crippen molar-refractivity contribution in [3.05, 3.63) is 118 Å². The second-order valence-corrected chi connectivity index (χ2v) is 20.5. The highest BCUT2D eigenvalue weighted by molar-refractivity contribution is 7.21. The third-order valence-electron chi connectivity index (χ3n) is 13.4. The number of ketones is 4. The third kappa shape index (κ3) is 12.0. The summed E-state index contributed by atoms with van der Waals surface area (Å²) in [7, 11) is 12.0. The molecule has 0 unspecified atom stereocenters. The topological polar surface area (TPSA) is 362 Å². The molecule has 0 spiro atoms. The number of fused-ring (bicyclic) bond motifs is 6. The van der Waals surface area contributed by atoms with Gasteiger partial charge in [0.2, 0.25) is 28.8 Å². The Labute approximate surface area is 508 Å². The standard InChI is InChI=1S/C19H19NO6S.C14H8O6S.C13H11NO8.C13H12O6/c1-10(21)14-9-12-15(23-2)11-8-13(19(22)20-4-6-25-7-5-20)26-16(11)17(24-3)18(12)27-14;1-5(15)9-4-7-10(16)6-3-8(14(18)19-2)20-12(6)11(17)13(7)21-9;1-19-10-6-4-8(13(16)21-3)22-11(6)12(20-2)9(14(17)18)7(10)5-15;1-16-9-4-7(6-14)11(17-2)8-5-10(13(15)18-3)19-12(8)9/h8-9H,4-7H2,1-3H3;3-4H,1-2H3;4-5H,1-3H3;4-6H,1-3H3. The molecule has 1 saturated heterocycles. The Morgan fingerprint density at radius 2 is 1.04 bits per heavy atom. The Balaban J connectivity index is 0.000000155. The van der Waals surface area contributed by atoms with Gasteiger partial charge < -0.3 is 69.9 Å². The van der Waals surface area contributed by atoms with Crippen LogP contribution in [0.4, 0.5) is 5.69 Å². The Morgan fingerprint density at radius 1 is 0.539 bits per heavy atom. The molecule has 0 atom stereocenters. The number of rotatable bonds is 15. The summed E-state index contributed by atoms with van der Waals surface area (Å²) in [6.45, 7) is 4.97. The molecule has 11 rings (SSSR count). The number of amides is 1. The molecule has 1 aliphatic carbocycles. The molecule has 28 nitrogen and oxygen atoms in total. The van der Waals surface area contributed by atoms with Crippen LogP contribution in [-0.2, 0) is 18.9 Å². The number of thiophene rings is 2. The van der Waals surface area contributed by atoms with E-state index in [4.69, 9.17) is 50.8 Å². The maximum Gasteiger partial charge on any atom is 0.373 e. The zero-order chi connectivity index (χ0) is 64.9. The largest absolute Gasteiger partial charge is 0.495 e. The first kappa shape index (κ1) is 64.3. The van der Waals surface area contributed by atoms with Gasteiger partial charge in [0.1, 0.15) is 22.8 Å². The number of morpholine rings is 1. The van der Waals surface area contributed by atoms with Crippen molar-refractivity contribution in [2.24, 2.45) is 0 Å². The highest BCUT2D eigenvalue weighted by Gasteiger charge is 2.38. The monoisotopic (exact) mass is 1270 g/mol. The van der Waals surface area contributed by atoms with Crippen LogP contribution < -0.4 is 28.4 Å². The first-order valence-electron chi connectivity index (χ1n) is 25.7. The fourth-order valence-electron chi connectivity index (χ4n) is 9.34. The van der Waals surface area contributed by atoms with E-state index in [2.05, 4.69) is 14.2 Å². The molecule has 2 aliphatic rings. The Bertz CT molecular complexity index is 4280. The van der Waals surface area contributed by atoms with E-state index in [1.165, 1.54) is 98.2 Å². The molecule has 1 amide bonds. The Morgan fingerprint density at radius 3 is 1.56 bits per heavy atom. The summed E-state index contributed by atoms with van der Waals surface area (Å²) in [6.07, 6.45) is 0.926. The molecule has 9 aromatic rings. The predicted octanol–water partition coefficient (Wildman–Crippen LogP) is 9.45. The van der Waals surface area contributed by atoms with Gasteiger partial charge in [-0.25, -0.2) is 14.4 Å². The molecule has 0 N–H and O–H groups in total. The second-order valence-electron chi connectivity index (χ2n) is 18.4. The van der Waals surface area contributed by atoms with Gasteiger partial charge in [0.15, 0.2) is 69.7 Å². The lowest BCUT2D eigenvalue weighted by Gasteiger charge is -2.25. The van der Waals surface area contributed by atoms with Crippen molar-refractivity contribution in [3.63, 3.8) is 0 Å². The van der Waals surface area contributed by atoms with Crippen LogP contribution in [0.25, 0.3) is 43.0 Å². The van der Waals surface area contributed by atoms with Crippen LogP contribution in [0.1, 0.15) is 127 Å². The minimum absolute atomic E-state index is 0.0112. The lowest BCUT2D eigenvalue weighted by Crippen LogP contribution is -2.40. The number of ether oxygens (including phenoxy) is 10. The molecule has 89 heavy (non-hydrogen) atoms. The lowest BCUT2D eigenvalue weighted by molar-refractivity contribution is -0.385. The van der Waals surface area contributed by atoms with Crippen LogP contribution in [0.5, 0.6) is 34.5 Å². The average Bonchev–Trinajstić information content (AvgIpc) is 1.76. The lowest BCUT2D eigenvalue weighted by atomic mass is 9.94. The molecule has 0 bridgehead atoms. The fourth-order valence-corrected chi connectivity index (χ4v) is 11.4. The molecule has 1 aliphatic heterocycles. The van der Waals surface area contributed by atoms with Crippen molar-refractivity contribution in [1.82, 2.24) is 4.90 Å². The number of nitrogens with zero attached hydrogens (tertiary/aromatic N) is 2. The summed E-state index contributed by atoms with van der Waals surface area (Å²) in [5, 5.41) is 13.3. The van der Waals surface area contributed by atoms with Gasteiger partial charge in [-0.15, -0.1) is 22.7 Å². The van der Waals surface area contributed by atoms with Crippen LogP contribution in [0.2, 0.25) is 0 Å². The maximum atomic E-state index is 12.8. The number of aldehydes is 2. The first-order chi connectivity index (χ1) is 42.6. The molecule has 0 saturated carbocycles. The fraction of sp³-hybridized carbons (Fsp3) is 0.254. The number of esters is 3. The number of hydrogen-bond acceptors (Lipinski definition) is 28. The number of benzene rings is 3. The minimum atomic E-state index is -0.787. The average molecular weight is 1270 g/mol. The highest BCUT2D eigenvalue weighted by Crippen LogP contribution is 2.49. The van der Waals surface area contributed by atoms with Gasteiger partial charge in [-0.3, -0.25) is 43.7 Å². The molecule has 6 aromatic heterocycles. The summed E-state index contributed by atoms with van der Waals surface area (Å²) in [5.41, 5.74) is 0.254. The van der Waals surface area contributed by atoms with Crippen molar-refractivity contribution in [2.75, 3.05) is 90.3 Å². The van der Waals surface area contributed by atoms with Crippen molar-refractivity contribution in [1.29, 1.82) is 0 Å². The van der Waals surface area contributed by atoms with Gasteiger partial charge in [0.05, 0.1) is 129 Å². The van der Waals surface area contributed by atoms with Gasteiger partial charge in [-0.05, 0) is 32.0 Å². The van der Waals surface area contributed by atoms with Crippen molar-refractivity contribution < 1.29 is 118 Å². The molecule has 30 heteroatoms. The SMILES string of the molecule is COC(=O)c1cc2c(OC)c(C=O)c([N+](=O)[O-])c(OC)c2o1.COC(=O)c1cc2c(OC)c(C=O)cc(OC)c2o1.COC(=O)c1cc2c(o1)C(=O)c1sc(C(C)=O)cc1C2=O.COc1c2cc(C(=O)N3CCOCC3)oc2c(OC)c2sc(C(C)=O)cc12. The molecule has 7 heterocycles. The van der Waals surface area contributed by atoms with Gasteiger partial charge in [0, 0.05) is 48.3 Å². The highest BCUT2D eigenvalue weighted by atomic mass is 32.1. The van der Waals surface area contributed by atoms with Gasteiger partial charge >= 0.3 is 23.6 Å². The summed E-state index contributed by atoms with van der Waals surface area (Å²) in [6, 6.07) is 10.3. The van der Waals surface area contributed by atoms with Gasteiger partial charge in [-0.1, -0.05) is 0 Å². The van der Waals surface area contributed by atoms with E-state index in [1.807, 2.05) is 0 Å². The summed E-state index contributed by atoms with van der Waals surface area (Å²) in [5.74, 6) is -2.54. The zero-order valence-electron chi connectivity index (χ0n) is 48.8. The Hall–Kier alpha value is -10.7. The van der Waals surface area contributed by atoms with Gasteiger partial charge in [0.25, 0.3) is 5.91 Å². The zero-order valence-corrected chi connectivity index (χ0v) is 50.5. The number of furan rings is 4. The van der Waals surface area contributed by atoms with E-state index < -0.39 is 40.1 Å². The minimum Gasteiger partial charge on any atom is -0.495 e. The van der Waals surface area contributed by atoms with Crippen molar-refractivity contribution >= 4 is 131 Å². The third-order valence-corrected chi connectivity index (χ3v) is 15.9.